The Labute approximate surface area is 120 Å². The Bertz CT molecular complexity index is 444. The number of hydrogen-bond acceptors (Lipinski definition) is 3. The summed E-state index contributed by atoms with van der Waals surface area (Å²) in [5.74, 6) is 0.381. The van der Waals surface area contributed by atoms with Crippen molar-refractivity contribution in [1.29, 1.82) is 0 Å². The van der Waals surface area contributed by atoms with Crippen molar-refractivity contribution in [3.8, 4) is 5.75 Å². The van der Waals surface area contributed by atoms with E-state index in [4.69, 9.17) is 4.74 Å². The molecule has 1 aliphatic rings. The summed E-state index contributed by atoms with van der Waals surface area (Å²) in [5, 5.41) is 3.36. The molecule has 1 heterocycles. The van der Waals surface area contributed by atoms with Gasteiger partial charge in [-0.15, -0.1) is 6.58 Å². The molecule has 1 aliphatic heterocycles. The number of benzene rings is 1. The van der Waals surface area contributed by atoms with Gasteiger partial charge in [-0.05, 0) is 18.9 Å². The third kappa shape index (κ3) is 3.58. The molecular formula is C16H23FN2O. The lowest BCUT2D eigenvalue weighted by Gasteiger charge is -2.35. The van der Waals surface area contributed by atoms with Gasteiger partial charge in [0.05, 0.1) is 7.11 Å². The fourth-order valence-corrected chi connectivity index (χ4v) is 2.76. The monoisotopic (exact) mass is 278 g/mol. The quantitative estimate of drug-likeness (QED) is 0.810. The minimum Gasteiger partial charge on any atom is -0.496 e. The van der Waals surface area contributed by atoms with E-state index in [1.807, 2.05) is 12.1 Å². The van der Waals surface area contributed by atoms with Gasteiger partial charge in [0, 0.05) is 43.9 Å². The molecule has 1 atom stereocenters. The highest BCUT2D eigenvalue weighted by Crippen LogP contribution is 2.33. The van der Waals surface area contributed by atoms with Crippen molar-refractivity contribution in [2.24, 2.45) is 0 Å². The number of methoxy groups -OCH3 is 1. The van der Waals surface area contributed by atoms with E-state index >= 15 is 0 Å². The molecule has 3 nitrogen and oxygen atoms in total. The summed E-state index contributed by atoms with van der Waals surface area (Å²) in [4.78, 5) is 2.44. The predicted molar refractivity (Wildman–Crippen MR) is 79.6 cm³/mol. The molecule has 1 fully saturated rings. The van der Waals surface area contributed by atoms with Crippen LogP contribution in [0.2, 0.25) is 0 Å². The first kappa shape index (κ1) is 15.0. The van der Waals surface area contributed by atoms with Gasteiger partial charge in [-0.3, -0.25) is 4.90 Å². The molecule has 2 rings (SSSR count). The van der Waals surface area contributed by atoms with Crippen molar-refractivity contribution in [2.75, 3.05) is 33.3 Å². The fourth-order valence-electron chi connectivity index (χ4n) is 2.76. The third-order valence-corrected chi connectivity index (χ3v) is 3.79. The van der Waals surface area contributed by atoms with Gasteiger partial charge in [0.25, 0.3) is 0 Å². The molecular weight excluding hydrogens is 255 g/mol. The van der Waals surface area contributed by atoms with Crippen LogP contribution in [0.5, 0.6) is 5.75 Å². The first-order valence-corrected chi connectivity index (χ1v) is 7.15. The summed E-state index contributed by atoms with van der Waals surface area (Å²) in [6.07, 6.45) is 3.85. The van der Waals surface area contributed by atoms with Crippen molar-refractivity contribution in [2.45, 2.75) is 18.9 Å². The van der Waals surface area contributed by atoms with Crippen LogP contribution in [-0.2, 0) is 0 Å². The van der Waals surface area contributed by atoms with Gasteiger partial charge in [-0.25, -0.2) is 4.39 Å². The Hall–Kier alpha value is -1.39. The first-order chi connectivity index (χ1) is 9.76. The minimum atomic E-state index is -0.256. The zero-order valence-electron chi connectivity index (χ0n) is 12.1. The second-order valence-corrected chi connectivity index (χ2v) is 5.05. The topological polar surface area (TPSA) is 24.5 Å². The number of rotatable bonds is 6. The Morgan fingerprint density at radius 1 is 1.45 bits per heavy atom. The van der Waals surface area contributed by atoms with Gasteiger partial charge in [-0.1, -0.05) is 12.1 Å². The van der Waals surface area contributed by atoms with Crippen molar-refractivity contribution in [3.63, 3.8) is 0 Å². The highest BCUT2D eigenvalue weighted by Gasteiger charge is 2.24. The average Bonchev–Trinajstić information content (AvgIpc) is 2.49. The maximum absolute atomic E-state index is 13.4. The molecule has 1 aromatic carbocycles. The molecule has 1 N–H and O–H groups in total. The van der Waals surface area contributed by atoms with E-state index in [-0.39, 0.29) is 11.9 Å². The van der Waals surface area contributed by atoms with Crippen LogP contribution in [0, 0.1) is 5.82 Å². The number of hydrogen-bond donors (Lipinski definition) is 1. The van der Waals surface area contributed by atoms with Crippen LogP contribution in [0.3, 0.4) is 0 Å². The molecule has 4 heteroatoms. The van der Waals surface area contributed by atoms with Gasteiger partial charge in [0.15, 0.2) is 0 Å². The summed E-state index contributed by atoms with van der Waals surface area (Å²) in [7, 11) is 1.60. The van der Waals surface area contributed by atoms with Gasteiger partial charge in [0.1, 0.15) is 11.6 Å². The standard InChI is InChI=1S/C16H23FN2O/c1-3-4-5-15(19-10-8-18-9-11-19)14-7-6-13(17)12-16(14)20-2/h3,6-7,12,15,18H,1,4-5,8-11H2,2H3/t15-/m1/s1. The Morgan fingerprint density at radius 2 is 2.20 bits per heavy atom. The molecule has 20 heavy (non-hydrogen) atoms. The Kier molecular flexibility index (Phi) is 5.56. The lowest BCUT2D eigenvalue weighted by molar-refractivity contribution is 0.163. The predicted octanol–water partition coefficient (Wildman–Crippen LogP) is 2.75. The lowest BCUT2D eigenvalue weighted by Crippen LogP contribution is -2.45. The normalized spacial score (nSPS) is 17.7. The van der Waals surface area contributed by atoms with Crippen molar-refractivity contribution in [3.05, 3.63) is 42.2 Å². The van der Waals surface area contributed by atoms with E-state index in [1.54, 1.807) is 7.11 Å². The van der Waals surface area contributed by atoms with Crippen LogP contribution >= 0.6 is 0 Å². The Balaban J connectivity index is 2.26. The van der Waals surface area contributed by atoms with E-state index in [0.717, 1.165) is 44.6 Å². The molecule has 110 valence electrons. The molecule has 0 bridgehead atoms. The molecule has 0 amide bonds. The summed E-state index contributed by atoms with van der Waals surface area (Å²) >= 11 is 0. The van der Waals surface area contributed by atoms with E-state index in [1.165, 1.54) is 12.1 Å². The summed E-state index contributed by atoms with van der Waals surface area (Å²) < 4.78 is 18.7. The molecule has 1 saturated heterocycles. The molecule has 0 saturated carbocycles. The highest BCUT2D eigenvalue weighted by atomic mass is 19.1. The van der Waals surface area contributed by atoms with Crippen LogP contribution in [-0.4, -0.2) is 38.2 Å². The van der Waals surface area contributed by atoms with E-state index in [9.17, 15) is 4.39 Å². The molecule has 0 aliphatic carbocycles. The molecule has 0 spiro atoms. The van der Waals surface area contributed by atoms with Crippen molar-refractivity contribution in [1.82, 2.24) is 10.2 Å². The minimum absolute atomic E-state index is 0.255. The van der Waals surface area contributed by atoms with Gasteiger partial charge in [0.2, 0.25) is 0 Å². The van der Waals surface area contributed by atoms with Gasteiger partial charge < -0.3 is 10.1 Å². The van der Waals surface area contributed by atoms with Crippen LogP contribution in [0.15, 0.2) is 30.9 Å². The summed E-state index contributed by atoms with van der Waals surface area (Å²) in [6, 6.07) is 5.09. The van der Waals surface area contributed by atoms with Crippen molar-refractivity contribution < 1.29 is 9.13 Å². The number of piperazine rings is 1. The average molecular weight is 278 g/mol. The second-order valence-electron chi connectivity index (χ2n) is 5.05. The summed E-state index contributed by atoms with van der Waals surface area (Å²) in [5.41, 5.74) is 1.07. The van der Waals surface area contributed by atoms with Crippen LogP contribution in [0.1, 0.15) is 24.4 Å². The largest absolute Gasteiger partial charge is 0.496 e. The molecule has 0 unspecified atom stereocenters. The van der Waals surface area contributed by atoms with Gasteiger partial charge in [-0.2, -0.15) is 0 Å². The van der Waals surface area contributed by atoms with E-state index in [2.05, 4.69) is 16.8 Å². The first-order valence-electron chi connectivity index (χ1n) is 7.15. The number of halogens is 1. The Morgan fingerprint density at radius 3 is 2.85 bits per heavy atom. The molecule has 0 radical (unpaired) electrons. The van der Waals surface area contributed by atoms with E-state index < -0.39 is 0 Å². The number of allylic oxidation sites excluding steroid dienone is 1. The van der Waals surface area contributed by atoms with Gasteiger partial charge >= 0.3 is 0 Å². The zero-order chi connectivity index (χ0) is 14.4. The SMILES string of the molecule is C=CCC[C@H](c1ccc(F)cc1OC)N1CCNCC1. The van der Waals surface area contributed by atoms with Crippen LogP contribution in [0.25, 0.3) is 0 Å². The molecule has 1 aromatic rings. The third-order valence-electron chi connectivity index (χ3n) is 3.79. The number of nitrogens with zero attached hydrogens (tertiary/aromatic N) is 1. The summed E-state index contributed by atoms with van der Waals surface area (Å²) in [6.45, 7) is 7.80. The molecule has 0 aromatic heterocycles. The van der Waals surface area contributed by atoms with Crippen LogP contribution in [0.4, 0.5) is 4.39 Å². The maximum atomic E-state index is 13.4. The fraction of sp³-hybridized carbons (Fsp3) is 0.500. The lowest BCUT2D eigenvalue weighted by atomic mass is 9.98. The van der Waals surface area contributed by atoms with E-state index in [0.29, 0.717) is 5.75 Å². The van der Waals surface area contributed by atoms with Crippen molar-refractivity contribution >= 4 is 0 Å². The zero-order valence-corrected chi connectivity index (χ0v) is 12.1. The maximum Gasteiger partial charge on any atom is 0.126 e. The number of nitrogens with one attached hydrogen (secondary N) is 1. The highest BCUT2D eigenvalue weighted by molar-refractivity contribution is 5.36. The van der Waals surface area contributed by atoms with Crippen LogP contribution < -0.4 is 10.1 Å². The number of ether oxygens (including phenoxy) is 1. The smallest absolute Gasteiger partial charge is 0.126 e. The second kappa shape index (κ2) is 7.41.